The maximum Gasteiger partial charge on any atom is 0.227 e. The molecule has 0 saturated carbocycles. The quantitative estimate of drug-likeness (QED) is 0.615. The van der Waals surface area contributed by atoms with Crippen LogP contribution in [0.15, 0.2) is 36.4 Å². The summed E-state index contributed by atoms with van der Waals surface area (Å²) in [5.41, 5.74) is 6.80. The molecule has 3 heterocycles. The maximum atomic E-state index is 13.1. The largest absolute Gasteiger partial charge is 0.379 e. The van der Waals surface area contributed by atoms with E-state index in [-0.39, 0.29) is 11.8 Å². The molecule has 1 aromatic heterocycles. The number of aryl methyl sites for hydroxylation is 3. The van der Waals surface area contributed by atoms with Crippen molar-refractivity contribution in [1.29, 1.82) is 0 Å². The summed E-state index contributed by atoms with van der Waals surface area (Å²) in [5.74, 6) is 1.33. The predicted molar refractivity (Wildman–Crippen MR) is 127 cm³/mol. The molecule has 0 spiro atoms. The van der Waals surface area contributed by atoms with E-state index in [1.54, 1.807) is 0 Å². The zero-order chi connectivity index (χ0) is 22.2. The van der Waals surface area contributed by atoms with Gasteiger partial charge in [0.15, 0.2) is 0 Å². The summed E-state index contributed by atoms with van der Waals surface area (Å²) in [7, 11) is 0. The van der Waals surface area contributed by atoms with E-state index >= 15 is 0 Å². The van der Waals surface area contributed by atoms with Gasteiger partial charge >= 0.3 is 0 Å². The van der Waals surface area contributed by atoms with Crippen molar-refractivity contribution >= 4 is 22.6 Å². The SMILES string of the molecule is Cc1cc(C)c(N2CC(c3nc4ccccc4n3CCN3CCOCC3)CC2=O)c(C)c1. The van der Waals surface area contributed by atoms with Crippen molar-refractivity contribution in [2.24, 2.45) is 0 Å². The molecule has 0 N–H and O–H groups in total. The Kier molecular flexibility index (Phi) is 5.74. The van der Waals surface area contributed by atoms with Crippen molar-refractivity contribution in [3.8, 4) is 0 Å². The second-order valence-electron chi connectivity index (χ2n) is 9.22. The normalized spacial score (nSPS) is 19.9. The first-order valence-electron chi connectivity index (χ1n) is 11.6. The first-order chi connectivity index (χ1) is 15.5. The van der Waals surface area contributed by atoms with Gasteiger partial charge in [-0.1, -0.05) is 29.8 Å². The number of imidazole rings is 1. The van der Waals surface area contributed by atoms with Gasteiger partial charge in [0.25, 0.3) is 0 Å². The van der Waals surface area contributed by atoms with Crippen LogP contribution in [0.4, 0.5) is 5.69 Å². The molecule has 168 valence electrons. The number of anilines is 1. The van der Waals surface area contributed by atoms with E-state index in [0.717, 1.165) is 73.1 Å². The third-order valence-corrected chi connectivity index (χ3v) is 6.82. The van der Waals surface area contributed by atoms with Gasteiger partial charge in [0, 0.05) is 50.7 Å². The van der Waals surface area contributed by atoms with Crippen LogP contribution >= 0.6 is 0 Å². The van der Waals surface area contributed by atoms with Gasteiger partial charge in [0.05, 0.1) is 24.2 Å². The third kappa shape index (κ3) is 3.93. The number of amides is 1. The molecule has 0 radical (unpaired) electrons. The highest BCUT2D eigenvalue weighted by atomic mass is 16.5. The predicted octanol–water partition coefficient (Wildman–Crippen LogP) is 3.81. The number of morpholine rings is 1. The topological polar surface area (TPSA) is 50.6 Å². The lowest BCUT2D eigenvalue weighted by molar-refractivity contribution is -0.117. The number of carbonyl (C=O) groups is 1. The van der Waals surface area contributed by atoms with Crippen LogP contribution in [0, 0.1) is 20.8 Å². The maximum absolute atomic E-state index is 13.1. The first-order valence-corrected chi connectivity index (χ1v) is 11.6. The molecule has 3 aromatic rings. The van der Waals surface area contributed by atoms with Crippen molar-refractivity contribution in [3.63, 3.8) is 0 Å². The van der Waals surface area contributed by atoms with Crippen molar-refractivity contribution in [2.45, 2.75) is 39.7 Å². The van der Waals surface area contributed by atoms with E-state index in [2.05, 4.69) is 60.6 Å². The molecule has 5 rings (SSSR count). The van der Waals surface area contributed by atoms with Gasteiger partial charge in [-0.2, -0.15) is 0 Å². The molecular weight excluding hydrogens is 400 g/mol. The smallest absolute Gasteiger partial charge is 0.227 e. The first kappa shape index (κ1) is 21.2. The number of nitrogens with zero attached hydrogens (tertiary/aromatic N) is 4. The molecule has 2 aliphatic heterocycles. The number of aromatic nitrogens is 2. The lowest BCUT2D eigenvalue weighted by Gasteiger charge is -2.27. The fraction of sp³-hybridized carbons (Fsp3) is 0.462. The van der Waals surface area contributed by atoms with Crippen molar-refractivity contribution in [3.05, 3.63) is 58.9 Å². The van der Waals surface area contributed by atoms with Crippen molar-refractivity contribution < 1.29 is 9.53 Å². The minimum atomic E-state index is 0.0969. The molecule has 2 saturated heterocycles. The molecule has 1 unspecified atom stereocenters. The molecule has 6 nitrogen and oxygen atoms in total. The van der Waals surface area contributed by atoms with E-state index in [1.165, 1.54) is 5.56 Å². The van der Waals surface area contributed by atoms with Gasteiger partial charge in [-0.3, -0.25) is 9.69 Å². The molecule has 0 aliphatic carbocycles. The Morgan fingerprint density at radius 1 is 1.03 bits per heavy atom. The van der Waals surface area contributed by atoms with Crippen LogP contribution in [0.3, 0.4) is 0 Å². The number of para-hydroxylation sites is 2. The van der Waals surface area contributed by atoms with Crippen LogP contribution in [0.5, 0.6) is 0 Å². The summed E-state index contributed by atoms with van der Waals surface area (Å²) < 4.78 is 7.85. The number of rotatable bonds is 5. The van der Waals surface area contributed by atoms with Gasteiger partial charge < -0.3 is 14.2 Å². The highest BCUT2D eigenvalue weighted by Gasteiger charge is 2.36. The number of ether oxygens (including phenoxy) is 1. The van der Waals surface area contributed by atoms with Crippen LogP contribution in [0.25, 0.3) is 11.0 Å². The van der Waals surface area contributed by atoms with E-state index < -0.39 is 0 Å². The van der Waals surface area contributed by atoms with Gasteiger partial charge in [-0.15, -0.1) is 0 Å². The third-order valence-electron chi connectivity index (χ3n) is 6.82. The zero-order valence-corrected chi connectivity index (χ0v) is 19.3. The van der Waals surface area contributed by atoms with Crippen molar-refractivity contribution in [2.75, 3.05) is 44.3 Å². The van der Waals surface area contributed by atoms with Gasteiger partial charge in [0.2, 0.25) is 5.91 Å². The molecule has 2 fully saturated rings. The van der Waals surface area contributed by atoms with Crippen LogP contribution in [0.1, 0.15) is 34.9 Å². The van der Waals surface area contributed by atoms with E-state index in [1.807, 2.05) is 11.0 Å². The highest BCUT2D eigenvalue weighted by Crippen LogP contribution is 2.36. The Hall–Kier alpha value is -2.70. The second kappa shape index (κ2) is 8.68. The van der Waals surface area contributed by atoms with Gasteiger partial charge in [-0.05, 0) is 44.0 Å². The molecule has 6 heteroatoms. The summed E-state index contributed by atoms with van der Waals surface area (Å²) in [6.07, 6.45) is 0.508. The van der Waals surface area contributed by atoms with Gasteiger partial charge in [0.1, 0.15) is 5.82 Å². The fourth-order valence-electron chi connectivity index (χ4n) is 5.40. The summed E-state index contributed by atoms with van der Waals surface area (Å²) in [5, 5.41) is 0. The Bertz CT molecular complexity index is 1120. The van der Waals surface area contributed by atoms with E-state index in [9.17, 15) is 4.79 Å². The molecule has 1 amide bonds. The second-order valence-corrected chi connectivity index (χ2v) is 9.22. The average molecular weight is 433 g/mol. The highest BCUT2D eigenvalue weighted by molar-refractivity contribution is 5.98. The van der Waals surface area contributed by atoms with Crippen LogP contribution in [-0.2, 0) is 16.1 Å². The minimum absolute atomic E-state index is 0.0969. The standard InChI is InChI=1S/C26H32N4O2/c1-18-14-19(2)25(20(3)15-18)30-17-21(16-24(30)31)26-27-22-6-4-5-7-23(22)29(26)9-8-28-10-12-32-13-11-28/h4-7,14-15,21H,8-13,16-17H2,1-3H3. The Balaban J connectivity index is 1.45. The number of benzene rings is 2. The van der Waals surface area contributed by atoms with Crippen LogP contribution in [0.2, 0.25) is 0 Å². The minimum Gasteiger partial charge on any atom is -0.379 e. The van der Waals surface area contributed by atoms with E-state index in [0.29, 0.717) is 13.0 Å². The summed E-state index contributed by atoms with van der Waals surface area (Å²) >= 11 is 0. The number of hydrogen-bond donors (Lipinski definition) is 0. The van der Waals surface area contributed by atoms with Crippen LogP contribution < -0.4 is 4.90 Å². The lowest BCUT2D eigenvalue weighted by atomic mass is 10.0. The Labute approximate surface area is 189 Å². The van der Waals surface area contributed by atoms with Gasteiger partial charge in [-0.25, -0.2) is 4.98 Å². The summed E-state index contributed by atoms with van der Waals surface area (Å²) in [6.45, 7) is 12.4. The summed E-state index contributed by atoms with van der Waals surface area (Å²) in [4.78, 5) is 22.6. The molecule has 2 aliphatic rings. The number of hydrogen-bond acceptors (Lipinski definition) is 4. The Morgan fingerprint density at radius 2 is 1.75 bits per heavy atom. The molecule has 1 atom stereocenters. The fourth-order valence-corrected chi connectivity index (χ4v) is 5.40. The number of fused-ring (bicyclic) bond motifs is 1. The average Bonchev–Trinajstić information content (AvgIpc) is 3.33. The van der Waals surface area contributed by atoms with E-state index in [4.69, 9.17) is 9.72 Å². The lowest BCUT2D eigenvalue weighted by Crippen LogP contribution is -2.38. The molecule has 0 bridgehead atoms. The van der Waals surface area contributed by atoms with Crippen LogP contribution in [-0.4, -0.2) is 59.8 Å². The van der Waals surface area contributed by atoms with Crippen molar-refractivity contribution in [1.82, 2.24) is 14.5 Å². The zero-order valence-electron chi connectivity index (χ0n) is 19.3. The molecule has 2 aromatic carbocycles. The molecular formula is C26H32N4O2. The summed E-state index contributed by atoms with van der Waals surface area (Å²) in [6, 6.07) is 12.7. The molecule has 32 heavy (non-hydrogen) atoms. The Morgan fingerprint density at radius 3 is 2.50 bits per heavy atom. The monoisotopic (exact) mass is 432 g/mol. The number of carbonyl (C=O) groups excluding carboxylic acids is 1.